The van der Waals surface area contributed by atoms with Crippen molar-refractivity contribution in [1.82, 2.24) is 10.3 Å². The molecule has 0 fully saturated rings. The number of nitrogens with one attached hydrogen (secondary N) is 1. The highest BCUT2D eigenvalue weighted by molar-refractivity contribution is 7.14. The molecular weight excluding hydrogens is 378 g/mol. The molecule has 0 unspecified atom stereocenters. The Bertz CT molecular complexity index is 1120. The van der Waals surface area contributed by atoms with Crippen molar-refractivity contribution in [3.63, 3.8) is 0 Å². The van der Waals surface area contributed by atoms with Gasteiger partial charge in [0.25, 0.3) is 0 Å². The predicted molar refractivity (Wildman–Crippen MR) is 121 cm³/mol. The monoisotopic (exact) mass is 401 g/mol. The Hall–Kier alpha value is -3.02. The molecule has 1 aromatic heterocycles. The molecule has 1 atom stereocenters. The van der Waals surface area contributed by atoms with Gasteiger partial charge in [-0.3, -0.25) is 9.69 Å². The maximum absolute atomic E-state index is 12.2. The van der Waals surface area contributed by atoms with Crippen molar-refractivity contribution in [1.29, 1.82) is 0 Å². The normalized spacial score (nSPS) is 12.1. The molecule has 0 bridgehead atoms. The van der Waals surface area contributed by atoms with Gasteiger partial charge >= 0.3 is 0 Å². The number of thiazole rings is 1. The zero-order valence-corrected chi connectivity index (χ0v) is 17.3. The third kappa shape index (κ3) is 4.21. The van der Waals surface area contributed by atoms with E-state index in [4.69, 9.17) is 4.98 Å². The summed E-state index contributed by atoms with van der Waals surface area (Å²) in [6.45, 7) is 4.37. The Morgan fingerprint density at radius 2 is 1.76 bits per heavy atom. The molecule has 146 valence electrons. The molecule has 0 saturated carbocycles. The number of amides is 1. The summed E-state index contributed by atoms with van der Waals surface area (Å²) < 4.78 is 0. The van der Waals surface area contributed by atoms with E-state index in [9.17, 15) is 4.79 Å². The Morgan fingerprint density at radius 1 is 1.03 bits per heavy atom. The minimum absolute atomic E-state index is 0.0471. The molecule has 29 heavy (non-hydrogen) atoms. The summed E-state index contributed by atoms with van der Waals surface area (Å²) in [5.74, 6) is -0.0471. The van der Waals surface area contributed by atoms with E-state index >= 15 is 0 Å². The zero-order valence-electron chi connectivity index (χ0n) is 16.5. The van der Waals surface area contributed by atoms with E-state index in [1.165, 1.54) is 27.7 Å². The minimum atomic E-state index is -0.0471. The second-order valence-corrected chi connectivity index (χ2v) is 7.82. The van der Waals surface area contributed by atoms with Gasteiger partial charge in [0, 0.05) is 24.9 Å². The van der Waals surface area contributed by atoms with Crippen LogP contribution in [0.5, 0.6) is 0 Å². The standard InChI is InChI=1S/C24H23N3OS/c1-17(22-14-8-10-19-9-6-7-13-23(19)22)25-15-20-16-29-24(26-20)27(18(2)28)21-11-4-3-5-12-21/h3-14,16-17,25H,15H2,1-2H3/t17-/m1/s1. The minimum Gasteiger partial charge on any atom is -0.305 e. The van der Waals surface area contributed by atoms with Crippen molar-refractivity contribution in [2.75, 3.05) is 4.90 Å². The maximum Gasteiger partial charge on any atom is 0.230 e. The number of fused-ring (bicyclic) bond motifs is 1. The van der Waals surface area contributed by atoms with Crippen LogP contribution in [0.3, 0.4) is 0 Å². The van der Waals surface area contributed by atoms with Gasteiger partial charge in [-0.2, -0.15) is 0 Å². The molecule has 1 amide bonds. The first-order chi connectivity index (χ1) is 14.1. The van der Waals surface area contributed by atoms with E-state index in [1.807, 2.05) is 35.7 Å². The lowest BCUT2D eigenvalue weighted by atomic mass is 10.00. The Labute approximate surface area is 174 Å². The summed E-state index contributed by atoms with van der Waals surface area (Å²) in [6.07, 6.45) is 0. The van der Waals surface area contributed by atoms with Gasteiger partial charge in [0.05, 0.1) is 11.4 Å². The lowest BCUT2D eigenvalue weighted by Gasteiger charge is -2.18. The van der Waals surface area contributed by atoms with E-state index < -0.39 is 0 Å². The van der Waals surface area contributed by atoms with E-state index in [1.54, 1.807) is 11.8 Å². The van der Waals surface area contributed by atoms with Crippen LogP contribution < -0.4 is 10.2 Å². The molecule has 0 aliphatic rings. The summed E-state index contributed by atoms with van der Waals surface area (Å²) in [6, 6.07) is 24.6. The fourth-order valence-corrected chi connectivity index (χ4v) is 4.37. The molecule has 0 saturated heterocycles. The van der Waals surface area contributed by atoms with Crippen molar-refractivity contribution < 1.29 is 4.79 Å². The van der Waals surface area contributed by atoms with Crippen LogP contribution in [-0.4, -0.2) is 10.9 Å². The van der Waals surface area contributed by atoms with E-state index in [-0.39, 0.29) is 11.9 Å². The number of rotatable bonds is 6. The molecule has 1 heterocycles. The molecule has 4 rings (SSSR count). The summed E-state index contributed by atoms with van der Waals surface area (Å²) in [7, 11) is 0. The summed E-state index contributed by atoms with van der Waals surface area (Å²) in [5, 5.41) is 8.78. The molecule has 0 aliphatic carbocycles. The largest absolute Gasteiger partial charge is 0.305 e. The Morgan fingerprint density at radius 3 is 2.55 bits per heavy atom. The van der Waals surface area contributed by atoms with Crippen LogP contribution in [0.1, 0.15) is 31.1 Å². The fraction of sp³-hybridized carbons (Fsp3) is 0.167. The zero-order chi connectivity index (χ0) is 20.2. The number of hydrogen-bond acceptors (Lipinski definition) is 4. The van der Waals surface area contributed by atoms with Crippen LogP contribution in [0, 0.1) is 0 Å². The summed E-state index contributed by atoms with van der Waals surface area (Å²) in [4.78, 5) is 18.6. The van der Waals surface area contributed by atoms with E-state index in [0.29, 0.717) is 11.7 Å². The van der Waals surface area contributed by atoms with Crippen molar-refractivity contribution in [2.45, 2.75) is 26.4 Å². The van der Waals surface area contributed by atoms with Crippen LogP contribution in [-0.2, 0) is 11.3 Å². The number of hydrogen-bond donors (Lipinski definition) is 1. The highest BCUT2D eigenvalue weighted by atomic mass is 32.1. The third-order valence-corrected chi connectivity index (χ3v) is 5.81. The predicted octanol–water partition coefficient (Wildman–Crippen LogP) is 5.83. The number of benzene rings is 3. The number of carbonyl (C=O) groups excluding carboxylic acids is 1. The molecular formula is C24H23N3OS. The van der Waals surface area contributed by atoms with Crippen LogP contribution in [0.15, 0.2) is 78.2 Å². The smallest absolute Gasteiger partial charge is 0.230 e. The van der Waals surface area contributed by atoms with Crippen molar-refractivity contribution >= 4 is 38.8 Å². The highest BCUT2D eigenvalue weighted by Crippen LogP contribution is 2.29. The topological polar surface area (TPSA) is 45.2 Å². The van der Waals surface area contributed by atoms with Gasteiger partial charge in [-0.15, -0.1) is 11.3 Å². The number of para-hydroxylation sites is 1. The number of anilines is 2. The van der Waals surface area contributed by atoms with Crippen LogP contribution in [0.4, 0.5) is 10.8 Å². The van der Waals surface area contributed by atoms with Gasteiger partial charge in [0.15, 0.2) is 5.13 Å². The van der Waals surface area contributed by atoms with Crippen molar-refractivity contribution in [3.05, 3.63) is 89.4 Å². The quantitative estimate of drug-likeness (QED) is 0.442. The number of nitrogens with zero attached hydrogens (tertiary/aromatic N) is 2. The molecule has 1 N–H and O–H groups in total. The van der Waals surface area contributed by atoms with E-state index in [2.05, 4.69) is 54.7 Å². The van der Waals surface area contributed by atoms with Gasteiger partial charge in [0.1, 0.15) is 0 Å². The second kappa shape index (κ2) is 8.55. The van der Waals surface area contributed by atoms with Gasteiger partial charge in [-0.05, 0) is 35.4 Å². The summed E-state index contributed by atoms with van der Waals surface area (Å²) in [5.41, 5.74) is 3.03. The molecule has 4 nitrogen and oxygen atoms in total. The first-order valence-electron chi connectivity index (χ1n) is 9.64. The Kier molecular flexibility index (Phi) is 5.69. The molecule has 0 radical (unpaired) electrons. The molecule has 0 spiro atoms. The fourth-order valence-electron chi connectivity index (χ4n) is 3.48. The molecule has 0 aliphatic heterocycles. The van der Waals surface area contributed by atoms with Crippen LogP contribution >= 0.6 is 11.3 Å². The second-order valence-electron chi connectivity index (χ2n) is 6.98. The third-order valence-electron chi connectivity index (χ3n) is 4.94. The SMILES string of the molecule is CC(=O)N(c1ccccc1)c1nc(CN[C@H](C)c2cccc3ccccc23)cs1. The number of aromatic nitrogens is 1. The molecule has 3 aromatic carbocycles. The van der Waals surface area contributed by atoms with Crippen LogP contribution in [0.25, 0.3) is 10.8 Å². The maximum atomic E-state index is 12.2. The van der Waals surface area contributed by atoms with Gasteiger partial charge in [-0.1, -0.05) is 60.7 Å². The average Bonchev–Trinajstić information content (AvgIpc) is 3.20. The van der Waals surface area contributed by atoms with Crippen molar-refractivity contribution in [2.24, 2.45) is 0 Å². The first kappa shape index (κ1) is 19.3. The van der Waals surface area contributed by atoms with Gasteiger partial charge in [0.2, 0.25) is 5.91 Å². The highest BCUT2D eigenvalue weighted by Gasteiger charge is 2.18. The molecule has 5 heteroatoms. The number of carbonyl (C=O) groups is 1. The lowest BCUT2D eigenvalue weighted by molar-refractivity contribution is -0.115. The van der Waals surface area contributed by atoms with Crippen LogP contribution in [0.2, 0.25) is 0 Å². The Balaban J connectivity index is 1.50. The van der Waals surface area contributed by atoms with Gasteiger partial charge in [-0.25, -0.2) is 4.98 Å². The summed E-state index contributed by atoms with van der Waals surface area (Å²) >= 11 is 1.48. The average molecular weight is 402 g/mol. The lowest BCUT2D eigenvalue weighted by Crippen LogP contribution is -2.23. The molecule has 4 aromatic rings. The van der Waals surface area contributed by atoms with E-state index in [0.717, 1.165) is 11.4 Å². The van der Waals surface area contributed by atoms with Gasteiger partial charge < -0.3 is 5.32 Å². The first-order valence-corrected chi connectivity index (χ1v) is 10.5. The van der Waals surface area contributed by atoms with Crippen molar-refractivity contribution in [3.8, 4) is 0 Å².